The predicted molar refractivity (Wildman–Crippen MR) is 268 cm³/mol. The van der Waals surface area contributed by atoms with E-state index in [1.54, 1.807) is 63.6 Å². The molecule has 0 amide bonds. The number of nitrogens with one attached hydrogen (secondary N) is 1. The number of allylic oxidation sites excluding steroid dienone is 2. The van der Waals surface area contributed by atoms with Gasteiger partial charge in [0.25, 0.3) is 0 Å². The van der Waals surface area contributed by atoms with Gasteiger partial charge in [-0.3, -0.25) is 4.79 Å². The summed E-state index contributed by atoms with van der Waals surface area (Å²) in [6, 6.07) is 8.34. The van der Waals surface area contributed by atoms with Crippen molar-refractivity contribution >= 4 is 11.9 Å². The summed E-state index contributed by atoms with van der Waals surface area (Å²) in [6.45, 7) is 16.4. The van der Waals surface area contributed by atoms with Gasteiger partial charge in [0.05, 0.1) is 60.9 Å². The Bertz CT molecular complexity index is 2140. The van der Waals surface area contributed by atoms with Gasteiger partial charge in [0.2, 0.25) is 0 Å². The lowest BCUT2D eigenvalue weighted by atomic mass is 9.71. The molecule has 0 saturated carbocycles. The predicted octanol–water partition coefficient (Wildman–Crippen LogP) is 6.99. The van der Waals surface area contributed by atoms with Crippen LogP contribution in [0.2, 0.25) is 0 Å². The van der Waals surface area contributed by atoms with Crippen LogP contribution in [-0.4, -0.2) is 152 Å². The molecular formula is C56H81NO15. The zero-order valence-electron chi connectivity index (χ0n) is 44.0. The number of methoxy groups -OCH3 is 2. The fourth-order valence-electron chi connectivity index (χ4n) is 11.6. The lowest BCUT2D eigenvalue weighted by Crippen LogP contribution is -2.58. The van der Waals surface area contributed by atoms with E-state index in [4.69, 9.17) is 52.5 Å². The Hall–Kier alpha value is -3.62. The van der Waals surface area contributed by atoms with Gasteiger partial charge in [-0.05, 0) is 82.0 Å². The van der Waals surface area contributed by atoms with E-state index >= 15 is 0 Å². The molecule has 2 bridgehead atoms. The molecule has 4 N–H and O–H groups in total. The first-order chi connectivity index (χ1) is 34.3. The van der Waals surface area contributed by atoms with Gasteiger partial charge in [-0.15, -0.1) is 0 Å². The molecule has 1 aromatic rings. The van der Waals surface area contributed by atoms with E-state index < -0.39 is 72.3 Å². The minimum atomic E-state index is -1.83. The molecule has 16 nitrogen and oxygen atoms in total. The normalized spacial score (nSPS) is 43.6. The third-order valence-electron chi connectivity index (χ3n) is 15.9. The second kappa shape index (κ2) is 24.4. The first-order valence-corrected chi connectivity index (χ1v) is 26.0. The van der Waals surface area contributed by atoms with E-state index in [9.17, 15) is 19.8 Å². The van der Waals surface area contributed by atoms with E-state index in [1.165, 1.54) is 0 Å². The first-order valence-electron chi connectivity index (χ1n) is 26.0. The van der Waals surface area contributed by atoms with Crippen molar-refractivity contribution in [3.8, 4) is 0 Å². The average molecular weight is 1010 g/mol. The number of rotatable bonds is 10. The first kappa shape index (κ1) is 56.1. The van der Waals surface area contributed by atoms with Crippen LogP contribution in [0.3, 0.4) is 0 Å². The molecule has 20 unspecified atom stereocenters. The molecule has 1 aliphatic carbocycles. The zero-order valence-corrected chi connectivity index (χ0v) is 44.0. The van der Waals surface area contributed by atoms with Gasteiger partial charge >= 0.3 is 11.9 Å². The number of likely N-dealkylation sites (N-methyl/N-ethyl adjacent to an activating group) is 1. The van der Waals surface area contributed by atoms with E-state index in [1.807, 2.05) is 39.1 Å². The molecule has 16 heteroatoms. The number of carboxylic acid groups (broad SMARTS) is 1. The second-order valence-electron chi connectivity index (χ2n) is 21.0. The lowest BCUT2D eigenvalue weighted by Gasteiger charge is -2.48. The van der Waals surface area contributed by atoms with Crippen LogP contribution >= 0.6 is 0 Å². The molecule has 4 saturated heterocycles. The Morgan fingerprint density at radius 3 is 2.26 bits per heavy atom. The van der Waals surface area contributed by atoms with Crippen molar-refractivity contribution in [2.75, 3.05) is 27.9 Å². The number of carbonyl (C=O) groups is 2. The van der Waals surface area contributed by atoms with E-state index in [0.29, 0.717) is 48.8 Å². The van der Waals surface area contributed by atoms with Crippen LogP contribution in [-0.2, 0) is 52.2 Å². The summed E-state index contributed by atoms with van der Waals surface area (Å²) in [7, 11) is 5.30. The summed E-state index contributed by atoms with van der Waals surface area (Å²) >= 11 is 0. The fraction of sp³-hybridized carbons (Fsp3) is 0.679. The number of aliphatic hydroxyl groups is 2. The Morgan fingerprint density at radius 1 is 0.903 bits per heavy atom. The van der Waals surface area contributed by atoms with E-state index in [-0.39, 0.29) is 67.0 Å². The van der Waals surface area contributed by atoms with Crippen molar-refractivity contribution in [3.63, 3.8) is 0 Å². The van der Waals surface area contributed by atoms with Gasteiger partial charge in [0.15, 0.2) is 18.4 Å². The quantitative estimate of drug-likeness (QED) is 0.138. The molecule has 8 rings (SSSR count). The maximum atomic E-state index is 14.4. The van der Waals surface area contributed by atoms with Gasteiger partial charge in [-0.2, -0.15) is 0 Å². The number of aliphatic hydroxyl groups excluding tert-OH is 1. The fourth-order valence-corrected chi connectivity index (χ4v) is 11.6. The van der Waals surface area contributed by atoms with E-state index in [2.05, 4.69) is 52.1 Å². The minimum absolute atomic E-state index is 0.0411. The van der Waals surface area contributed by atoms with Crippen molar-refractivity contribution in [3.05, 3.63) is 95.1 Å². The van der Waals surface area contributed by atoms with Gasteiger partial charge in [0, 0.05) is 51.7 Å². The number of carboxylic acids is 1. The molecule has 4 fully saturated rings. The molecule has 400 valence electrons. The number of fused-ring (bicyclic) bond motifs is 2. The monoisotopic (exact) mass is 1010 g/mol. The highest BCUT2D eigenvalue weighted by Crippen LogP contribution is 2.47. The summed E-state index contributed by atoms with van der Waals surface area (Å²) in [4.78, 5) is 24.6. The number of aromatic carboxylic acids is 1. The maximum Gasteiger partial charge on any atom is 0.335 e. The smallest absolute Gasteiger partial charge is 0.335 e. The number of ether oxygens (including phenoxy) is 10. The van der Waals surface area contributed by atoms with Crippen molar-refractivity contribution in [1.82, 2.24) is 5.32 Å². The highest BCUT2D eigenvalue weighted by molar-refractivity contribution is 5.87. The molecule has 6 heterocycles. The SMILES string of the molecule is CCC(C)C1OC2(C=CC1C)CC1CC(C/C=C(/C)C(OC3CC(OC)C(OC4CC(OC)C(NC)C(C)O4)C(C)O3)C(C)/C=C\C=C3\COC4C(O)C(C)=CC(C(=O)O1)C34O)O2.O=C(O)c1ccccc1. The molecule has 20 atom stereocenters. The number of hydrogen-bond acceptors (Lipinski definition) is 15. The van der Waals surface area contributed by atoms with Crippen molar-refractivity contribution in [1.29, 1.82) is 0 Å². The largest absolute Gasteiger partial charge is 0.478 e. The van der Waals surface area contributed by atoms with Crippen LogP contribution in [0.15, 0.2) is 89.6 Å². The topological polar surface area (TPSA) is 199 Å². The maximum absolute atomic E-state index is 14.4. The molecule has 0 radical (unpaired) electrons. The molecule has 0 aromatic heterocycles. The molecule has 1 aromatic carbocycles. The summed E-state index contributed by atoms with van der Waals surface area (Å²) in [5.74, 6) is -3.39. The number of esters is 1. The van der Waals surface area contributed by atoms with Gasteiger partial charge in [-0.25, -0.2) is 4.79 Å². The lowest BCUT2D eigenvalue weighted by molar-refractivity contribution is -0.312. The van der Waals surface area contributed by atoms with Crippen LogP contribution in [0.4, 0.5) is 0 Å². The highest BCUT2D eigenvalue weighted by Gasteiger charge is 2.60. The average Bonchev–Trinajstić information content (AvgIpc) is 3.70. The summed E-state index contributed by atoms with van der Waals surface area (Å²) in [5.41, 5.74) is 0.511. The summed E-state index contributed by atoms with van der Waals surface area (Å²) < 4.78 is 64.6. The third-order valence-corrected chi connectivity index (χ3v) is 15.9. The molecule has 72 heavy (non-hydrogen) atoms. The van der Waals surface area contributed by atoms with Crippen LogP contribution in [0.5, 0.6) is 0 Å². The van der Waals surface area contributed by atoms with Crippen molar-refractivity contribution < 1.29 is 72.3 Å². The Morgan fingerprint density at radius 2 is 1.60 bits per heavy atom. The summed E-state index contributed by atoms with van der Waals surface area (Å²) in [5, 5.41) is 35.4. The van der Waals surface area contributed by atoms with Gasteiger partial charge in [0.1, 0.15) is 35.9 Å². The van der Waals surface area contributed by atoms with Gasteiger partial charge in [-0.1, -0.05) is 88.8 Å². The minimum Gasteiger partial charge on any atom is -0.478 e. The zero-order chi connectivity index (χ0) is 52.1. The standard InChI is InChI=1S/C49H75NO13.C7H6O2/c1-12-26(2)44-29(5)18-19-48(63-44)24-35-21-34(62-48)17-16-28(4)43(27(3)14-13-15-33-25-56-46-42(51)30(6)20-36(47(52)59-35)49(33,46)53)60-40-23-38(55-11)45(32(8)58-40)61-39-22-37(54-10)41(50-9)31(7)57-39;8-7(9)6-4-2-1-3-5-6/h13-16,18-20,26-27,29,31-32,34-46,50-51,53H,12,17,21-25H2,1-11H3;1-5H,(H,8,9)/b14-13-,28-16-,33-15-;. The van der Waals surface area contributed by atoms with Crippen LogP contribution < -0.4 is 5.32 Å². The molecule has 7 aliphatic rings. The van der Waals surface area contributed by atoms with Crippen LogP contribution in [0, 0.1) is 23.7 Å². The molecule has 1 spiro atoms. The number of carbonyl (C=O) groups excluding carboxylic acids is 1. The van der Waals surface area contributed by atoms with Crippen LogP contribution in [0.1, 0.15) is 104 Å². The number of hydrogen-bond donors (Lipinski definition) is 4. The third kappa shape index (κ3) is 12.4. The molecule has 6 aliphatic heterocycles. The van der Waals surface area contributed by atoms with Crippen LogP contribution in [0.25, 0.3) is 0 Å². The Balaban J connectivity index is 0.000000761. The Kier molecular flexibility index (Phi) is 19.0. The summed E-state index contributed by atoms with van der Waals surface area (Å²) in [6.07, 6.45) is 10.7. The Labute approximate surface area is 426 Å². The molecular weight excluding hydrogens is 927 g/mol. The van der Waals surface area contributed by atoms with Crippen molar-refractivity contribution in [2.45, 2.75) is 191 Å². The highest BCUT2D eigenvalue weighted by atomic mass is 16.7. The number of benzene rings is 1. The van der Waals surface area contributed by atoms with Gasteiger partial charge < -0.3 is 68.0 Å². The van der Waals surface area contributed by atoms with E-state index in [0.717, 1.165) is 12.0 Å². The second-order valence-corrected chi connectivity index (χ2v) is 21.0. The van der Waals surface area contributed by atoms with Crippen molar-refractivity contribution in [2.24, 2.45) is 23.7 Å².